The fraction of sp³-hybridized carbons (Fsp3) is 0.474. The summed E-state index contributed by atoms with van der Waals surface area (Å²) < 4.78 is 5.62. The number of phenolic OH excluding ortho intramolecular Hbond substituents is 2. The highest BCUT2D eigenvalue weighted by Gasteiger charge is 2.39. The highest BCUT2D eigenvalue weighted by Crippen LogP contribution is 2.35. The number of ketones is 2. The molecule has 0 aromatic heterocycles. The van der Waals surface area contributed by atoms with E-state index in [1.807, 2.05) is 13.0 Å². The van der Waals surface area contributed by atoms with Crippen LogP contribution in [0.2, 0.25) is 0 Å². The molecule has 2 N–H and O–H groups in total. The average molecular weight is 330 g/mol. The summed E-state index contributed by atoms with van der Waals surface area (Å²) >= 11 is 0. The number of rotatable bonds is 0. The molecule has 0 saturated carbocycles. The van der Waals surface area contributed by atoms with Crippen molar-refractivity contribution >= 4 is 11.6 Å². The molecule has 2 aliphatic rings. The Balaban J connectivity index is 1.92. The number of fused-ring (bicyclic) bond motifs is 2. The van der Waals surface area contributed by atoms with Crippen molar-refractivity contribution in [1.82, 2.24) is 0 Å². The number of aromatic hydroxyl groups is 2. The molecule has 1 fully saturated rings. The first-order valence-corrected chi connectivity index (χ1v) is 8.37. The third kappa shape index (κ3) is 3.85. The van der Waals surface area contributed by atoms with Crippen molar-refractivity contribution in [2.75, 3.05) is 0 Å². The molecular formula is C19H22O5. The molecule has 3 atom stereocenters. The van der Waals surface area contributed by atoms with Gasteiger partial charge < -0.3 is 14.9 Å². The molecular weight excluding hydrogens is 308 g/mol. The van der Waals surface area contributed by atoms with Crippen molar-refractivity contribution in [3.05, 3.63) is 35.4 Å². The monoisotopic (exact) mass is 330 g/mol. The van der Waals surface area contributed by atoms with Crippen molar-refractivity contribution < 1.29 is 24.5 Å². The average Bonchev–Trinajstić information content (AvgIpc) is 3.19. The van der Waals surface area contributed by atoms with Gasteiger partial charge in [0.05, 0.1) is 17.8 Å². The second kappa shape index (κ2) is 6.77. The Morgan fingerprint density at radius 3 is 2.75 bits per heavy atom. The van der Waals surface area contributed by atoms with E-state index in [2.05, 4.69) is 0 Å². The molecule has 1 aliphatic carbocycles. The zero-order valence-corrected chi connectivity index (χ0v) is 13.7. The summed E-state index contributed by atoms with van der Waals surface area (Å²) in [5.74, 6) is -0.665. The van der Waals surface area contributed by atoms with Crippen LogP contribution in [0, 0.1) is 5.92 Å². The predicted molar refractivity (Wildman–Crippen MR) is 88.2 cm³/mol. The lowest BCUT2D eigenvalue weighted by atomic mass is 9.90. The third-order valence-electron chi connectivity index (χ3n) is 4.61. The highest BCUT2D eigenvalue weighted by atomic mass is 16.6. The number of benzene rings is 1. The van der Waals surface area contributed by atoms with Gasteiger partial charge in [-0.3, -0.25) is 9.59 Å². The van der Waals surface area contributed by atoms with Gasteiger partial charge in [0.1, 0.15) is 11.5 Å². The molecule has 5 heteroatoms. The Kier molecular flexibility index (Phi) is 4.71. The summed E-state index contributed by atoms with van der Waals surface area (Å²) in [7, 11) is 0. The number of ether oxygens (including phenoxy) is 1. The van der Waals surface area contributed by atoms with Crippen LogP contribution in [0.4, 0.5) is 0 Å². The highest BCUT2D eigenvalue weighted by molar-refractivity contribution is 6.02. The minimum atomic E-state index is -0.272. The first-order valence-electron chi connectivity index (χ1n) is 8.37. The molecule has 1 heterocycles. The first kappa shape index (κ1) is 16.7. The molecule has 0 amide bonds. The predicted octanol–water partition coefficient (Wildman–Crippen LogP) is 2.93. The smallest absolute Gasteiger partial charge is 0.167 e. The van der Waals surface area contributed by atoms with Gasteiger partial charge in [0.2, 0.25) is 0 Å². The summed E-state index contributed by atoms with van der Waals surface area (Å²) in [5.41, 5.74) is 0.517. The SMILES string of the molecule is CC1CC(=O)c2c(O)cc(O)cc2CC(=O)C=CCCC2OC2C1. The van der Waals surface area contributed by atoms with Crippen molar-refractivity contribution in [3.8, 4) is 11.5 Å². The molecule has 0 bridgehead atoms. The number of allylic oxidation sites excluding steroid dienone is 2. The van der Waals surface area contributed by atoms with E-state index in [0.717, 1.165) is 25.3 Å². The third-order valence-corrected chi connectivity index (χ3v) is 4.61. The van der Waals surface area contributed by atoms with E-state index in [0.29, 0.717) is 5.56 Å². The Morgan fingerprint density at radius 2 is 1.96 bits per heavy atom. The molecule has 0 spiro atoms. The molecule has 1 aromatic rings. The second-order valence-electron chi connectivity index (χ2n) is 6.80. The van der Waals surface area contributed by atoms with Crippen molar-refractivity contribution in [3.63, 3.8) is 0 Å². The van der Waals surface area contributed by atoms with Gasteiger partial charge in [0.25, 0.3) is 0 Å². The van der Waals surface area contributed by atoms with Crippen LogP contribution in [0.25, 0.3) is 0 Å². The second-order valence-corrected chi connectivity index (χ2v) is 6.80. The van der Waals surface area contributed by atoms with Crippen LogP contribution in [0.1, 0.15) is 48.5 Å². The molecule has 1 aliphatic heterocycles. The molecule has 3 unspecified atom stereocenters. The van der Waals surface area contributed by atoms with Gasteiger partial charge in [-0.2, -0.15) is 0 Å². The fourth-order valence-corrected chi connectivity index (χ4v) is 3.39. The summed E-state index contributed by atoms with van der Waals surface area (Å²) in [6.07, 6.45) is 6.47. The largest absolute Gasteiger partial charge is 0.508 e. The standard InChI is InChI=1S/C19H22O5/c1-11-6-15(22)19-12(9-14(21)10-16(19)23)8-13(20)4-2-3-5-17-18(7-11)24-17/h2,4,9-11,17-18,21,23H,3,5-8H2,1H3. The van der Waals surface area contributed by atoms with Crippen LogP contribution in [-0.2, 0) is 16.0 Å². The number of phenols is 2. The number of epoxide rings is 1. The lowest BCUT2D eigenvalue weighted by molar-refractivity contribution is -0.114. The Morgan fingerprint density at radius 1 is 1.17 bits per heavy atom. The quantitative estimate of drug-likeness (QED) is 0.714. The minimum absolute atomic E-state index is 0.0174. The number of Topliss-reactive ketones (excluding diaryl/α,β-unsaturated/α-hetero) is 1. The van der Waals surface area contributed by atoms with Gasteiger partial charge in [0.15, 0.2) is 11.6 Å². The zero-order valence-electron chi connectivity index (χ0n) is 13.7. The summed E-state index contributed by atoms with van der Waals surface area (Å²) in [4.78, 5) is 24.7. The Hall–Kier alpha value is -2.14. The molecule has 24 heavy (non-hydrogen) atoms. The first-order chi connectivity index (χ1) is 11.4. The molecule has 3 rings (SSSR count). The van der Waals surface area contributed by atoms with E-state index in [4.69, 9.17) is 4.74 Å². The zero-order chi connectivity index (χ0) is 17.3. The van der Waals surface area contributed by atoms with Crippen LogP contribution in [0.15, 0.2) is 24.3 Å². The van der Waals surface area contributed by atoms with Gasteiger partial charge in [0, 0.05) is 18.9 Å². The summed E-state index contributed by atoms with van der Waals surface area (Å²) in [6, 6.07) is 2.53. The van der Waals surface area contributed by atoms with Gasteiger partial charge in [-0.05, 0) is 42.9 Å². The van der Waals surface area contributed by atoms with Gasteiger partial charge in [-0.1, -0.05) is 13.0 Å². The lowest BCUT2D eigenvalue weighted by Crippen LogP contribution is -2.13. The van der Waals surface area contributed by atoms with Crippen LogP contribution in [0.3, 0.4) is 0 Å². The normalized spacial score (nSPS) is 28.0. The van der Waals surface area contributed by atoms with E-state index in [1.165, 1.54) is 12.1 Å². The van der Waals surface area contributed by atoms with E-state index in [1.54, 1.807) is 0 Å². The van der Waals surface area contributed by atoms with Crippen molar-refractivity contribution in [2.45, 2.75) is 51.2 Å². The van der Waals surface area contributed by atoms with Crippen molar-refractivity contribution in [2.24, 2.45) is 5.92 Å². The summed E-state index contributed by atoms with van der Waals surface area (Å²) in [6.45, 7) is 1.99. The van der Waals surface area contributed by atoms with Gasteiger partial charge in [-0.25, -0.2) is 0 Å². The molecule has 128 valence electrons. The van der Waals surface area contributed by atoms with E-state index in [-0.39, 0.29) is 59.6 Å². The van der Waals surface area contributed by atoms with Gasteiger partial charge in [-0.15, -0.1) is 0 Å². The number of carbonyl (C=O) groups excluding carboxylic acids is 2. The lowest BCUT2D eigenvalue weighted by Gasteiger charge is -2.14. The number of hydrogen-bond donors (Lipinski definition) is 2. The Labute approximate surface area is 140 Å². The number of carbonyl (C=O) groups is 2. The topological polar surface area (TPSA) is 87.1 Å². The van der Waals surface area contributed by atoms with E-state index in [9.17, 15) is 19.8 Å². The maximum Gasteiger partial charge on any atom is 0.167 e. The summed E-state index contributed by atoms with van der Waals surface area (Å²) in [5, 5.41) is 19.8. The Bertz CT molecular complexity index is 691. The molecule has 1 saturated heterocycles. The van der Waals surface area contributed by atoms with E-state index >= 15 is 0 Å². The van der Waals surface area contributed by atoms with Gasteiger partial charge >= 0.3 is 0 Å². The minimum Gasteiger partial charge on any atom is -0.508 e. The maximum absolute atomic E-state index is 12.6. The van der Waals surface area contributed by atoms with E-state index < -0.39 is 0 Å². The molecule has 0 radical (unpaired) electrons. The van der Waals surface area contributed by atoms with Crippen LogP contribution in [-0.4, -0.2) is 34.0 Å². The number of hydrogen-bond acceptors (Lipinski definition) is 5. The van der Waals surface area contributed by atoms with Crippen LogP contribution in [0.5, 0.6) is 11.5 Å². The van der Waals surface area contributed by atoms with Crippen LogP contribution < -0.4 is 0 Å². The van der Waals surface area contributed by atoms with Crippen LogP contribution >= 0.6 is 0 Å². The maximum atomic E-state index is 12.6. The van der Waals surface area contributed by atoms with Crippen molar-refractivity contribution in [1.29, 1.82) is 0 Å². The molecule has 5 nitrogen and oxygen atoms in total. The molecule has 1 aromatic carbocycles. The fourth-order valence-electron chi connectivity index (χ4n) is 3.39.